The van der Waals surface area contributed by atoms with Crippen molar-refractivity contribution in [3.8, 4) is 0 Å². The summed E-state index contributed by atoms with van der Waals surface area (Å²) in [6.45, 7) is 4.08. The van der Waals surface area contributed by atoms with E-state index in [2.05, 4.69) is 6.07 Å². The second-order valence-electron chi connectivity index (χ2n) is 7.65. The third-order valence-corrected chi connectivity index (χ3v) is 5.40. The Balaban J connectivity index is 2.05. The Bertz CT molecular complexity index is 1270. The van der Waals surface area contributed by atoms with Crippen molar-refractivity contribution in [3.05, 3.63) is 82.9 Å². The Morgan fingerprint density at radius 1 is 1.10 bits per heavy atom. The minimum Gasteiger partial charge on any atom is -0.366 e. The van der Waals surface area contributed by atoms with Gasteiger partial charge in [0, 0.05) is 22.9 Å². The Kier molecular flexibility index (Phi) is 4.80. The SMILES string of the molecule is CC(C)c1c[c]c2c3c(C(N)=O)cccc3n(Cc3ccccc3C(F)(F)F)c2c1. The molecule has 0 aliphatic carbocycles. The van der Waals surface area contributed by atoms with Crippen LogP contribution in [-0.2, 0) is 12.7 Å². The number of benzene rings is 3. The predicted molar refractivity (Wildman–Crippen MR) is 111 cm³/mol. The summed E-state index contributed by atoms with van der Waals surface area (Å²) in [4.78, 5) is 12.0. The van der Waals surface area contributed by atoms with E-state index < -0.39 is 17.6 Å². The van der Waals surface area contributed by atoms with Crippen LogP contribution in [0.4, 0.5) is 13.2 Å². The van der Waals surface area contributed by atoms with Crippen LogP contribution >= 0.6 is 0 Å². The van der Waals surface area contributed by atoms with Crippen molar-refractivity contribution in [1.82, 2.24) is 4.57 Å². The molecule has 1 heterocycles. The van der Waals surface area contributed by atoms with Gasteiger partial charge in [0.25, 0.3) is 0 Å². The first-order chi connectivity index (χ1) is 14.2. The fourth-order valence-corrected chi connectivity index (χ4v) is 3.89. The Morgan fingerprint density at radius 3 is 2.50 bits per heavy atom. The number of hydrogen-bond acceptors (Lipinski definition) is 1. The number of hydrogen-bond donors (Lipinski definition) is 1. The number of fused-ring (bicyclic) bond motifs is 3. The van der Waals surface area contributed by atoms with Gasteiger partial charge in [0.15, 0.2) is 0 Å². The number of carbonyl (C=O) groups excluding carboxylic acids is 1. The number of carbonyl (C=O) groups is 1. The second kappa shape index (κ2) is 7.20. The fourth-order valence-electron chi connectivity index (χ4n) is 3.89. The van der Waals surface area contributed by atoms with Gasteiger partial charge in [-0.2, -0.15) is 13.2 Å². The highest BCUT2D eigenvalue weighted by atomic mass is 19.4. The minimum atomic E-state index is -4.46. The number of halogens is 3. The molecule has 1 amide bonds. The molecule has 3 nitrogen and oxygen atoms in total. The van der Waals surface area contributed by atoms with Crippen LogP contribution < -0.4 is 5.73 Å². The van der Waals surface area contributed by atoms with Gasteiger partial charge >= 0.3 is 6.18 Å². The largest absolute Gasteiger partial charge is 0.416 e. The van der Waals surface area contributed by atoms with Crippen LogP contribution in [0.2, 0.25) is 0 Å². The zero-order chi connectivity index (χ0) is 21.6. The van der Waals surface area contributed by atoms with Crippen LogP contribution in [0.25, 0.3) is 21.8 Å². The van der Waals surface area contributed by atoms with Gasteiger partial charge in [0.2, 0.25) is 5.91 Å². The Labute approximate surface area is 171 Å². The number of primary amides is 1. The molecule has 1 radical (unpaired) electrons. The molecule has 4 aromatic rings. The first kappa shape index (κ1) is 20.0. The molecule has 2 N–H and O–H groups in total. The molecule has 153 valence electrons. The molecule has 1 aromatic heterocycles. The van der Waals surface area contributed by atoms with E-state index in [9.17, 15) is 18.0 Å². The number of nitrogens with two attached hydrogens (primary N) is 1. The van der Waals surface area contributed by atoms with Crippen LogP contribution in [0.1, 0.15) is 46.8 Å². The topological polar surface area (TPSA) is 48.0 Å². The maximum absolute atomic E-state index is 13.6. The Hall–Kier alpha value is -3.28. The molecular formula is C24H20F3N2O. The second-order valence-corrected chi connectivity index (χ2v) is 7.65. The van der Waals surface area contributed by atoms with E-state index in [4.69, 9.17) is 5.73 Å². The summed E-state index contributed by atoms with van der Waals surface area (Å²) < 4.78 is 42.5. The molecule has 0 bridgehead atoms. The highest BCUT2D eigenvalue weighted by Gasteiger charge is 2.33. The minimum absolute atomic E-state index is 0.00723. The van der Waals surface area contributed by atoms with Crippen molar-refractivity contribution < 1.29 is 18.0 Å². The monoisotopic (exact) mass is 409 g/mol. The molecule has 4 rings (SSSR count). The van der Waals surface area contributed by atoms with E-state index in [0.717, 1.165) is 17.1 Å². The molecule has 0 spiro atoms. The van der Waals surface area contributed by atoms with Crippen LogP contribution in [0.15, 0.2) is 54.6 Å². The number of aromatic nitrogens is 1. The van der Waals surface area contributed by atoms with Gasteiger partial charge in [-0.3, -0.25) is 4.79 Å². The third-order valence-electron chi connectivity index (χ3n) is 5.40. The van der Waals surface area contributed by atoms with Crippen molar-refractivity contribution in [2.45, 2.75) is 32.5 Å². The van der Waals surface area contributed by atoms with E-state index in [-0.39, 0.29) is 18.0 Å². The van der Waals surface area contributed by atoms with Gasteiger partial charge < -0.3 is 10.3 Å². The maximum atomic E-state index is 13.6. The number of alkyl halides is 3. The highest BCUT2D eigenvalue weighted by Crippen LogP contribution is 2.36. The van der Waals surface area contributed by atoms with Crippen molar-refractivity contribution >= 4 is 27.7 Å². The van der Waals surface area contributed by atoms with Crippen molar-refractivity contribution in [1.29, 1.82) is 0 Å². The molecule has 0 aliphatic rings. The average Bonchev–Trinajstić information content (AvgIpc) is 3.00. The summed E-state index contributed by atoms with van der Waals surface area (Å²) in [5, 5.41) is 1.29. The molecule has 0 saturated heterocycles. The summed E-state index contributed by atoms with van der Waals surface area (Å²) in [7, 11) is 0. The van der Waals surface area contributed by atoms with Gasteiger partial charge in [-0.25, -0.2) is 0 Å². The quantitative estimate of drug-likeness (QED) is 0.449. The fraction of sp³-hybridized carbons (Fsp3) is 0.208. The lowest BCUT2D eigenvalue weighted by atomic mass is 10.00. The number of nitrogens with zero attached hydrogens (tertiary/aromatic N) is 1. The summed E-state index contributed by atoms with van der Waals surface area (Å²) in [6, 6.07) is 17.7. The van der Waals surface area contributed by atoms with E-state index in [1.54, 1.807) is 24.3 Å². The summed E-state index contributed by atoms with van der Waals surface area (Å²) >= 11 is 0. The summed E-state index contributed by atoms with van der Waals surface area (Å²) in [5.74, 6) is -0.369. The van der Waals surface area contributed by atoms with Gasteiger partial charge in [-0.15, -0.1) is 0 Å². The van der Waals surface area contributed by atoms with Crippen LogP contribution in [0, 0.1) is 6.07 Å². The highest BCUT2D eigenvalue weighted by molar-refractivity contribution is 6.17. The van der Waals surface area contributed by atoms with Gasteiger partial charge in [0.05, 0.1) is 16.6 Å². The molecule has 0 saturated carbocycles. The molecule has 6 heteroatoms. The van der Waals surface area contributed by atoms with Crippen molar-refractivity contribution in [2.75, 3.05) is 0 Å². The molecule has 0 fully saturated rings. The van der Waals surface area contributed by atoms with E-state index in [1.165, 1.54) is 12.1 Å². The van der Waals surface area contributed by atoms with Crippen molar-refractivity contribution in [3.63, 3.8) is 0 Å². The molecule has 3 aromatic carbocycles. The molecular weight excluding hydrogens is 389 g/mol. The van der Waals surface area contributed by atoms with E-state index in [0.29, 0.717) is 21.9 Å². The predicted octanol–water partition coefficient (Wildman–Crippen LogP) is 5.88. The van der Waals surface area contributed by atoms with Crippen LogP contribution in [-0.4, -0.2) is 10.5 Å². The zero-order valence-corrected chi connectivity index (χ0v) is 16.5. The smallest absolute Gasteiger partial charge is 0.366 e. The summed E-state index contributed by atoms with van der Waals surface area (Å²) in [5.41, 5.74) is 7.78. The zero-order valence-electron chi connectivity index (χ0n) is 16.5. The normalized spacial score (nSPS) is 12.2. The number of rotatable bonds is 4. The van der Waals surface area contributed by atoms with E-state index in [1.807, 2.05) is 30.5 Å². The lowest BCUT2D eigenvalue weighted by Gasteiger charge is -2.15. The average molecular weight is 409 g/mol. The molecule has 0 aliphatic heterocycles. The third kappa shape index (κ3) is 3.32. The van der Waals surface area contributed by atoms with Crippen molar-refractivity contribution in [2.24, 2.45) is 5.73 Å². The number of amides is 1. The first-order valence-corrected chi connectivity index (χ1v) is 9.60. The van der Waals surface area contributed by atoms with Gasteiger partial charge in [0.1, 0.15) is 0 Å². The van der Waals surface area contributed by atoms with Crippen LogP contribution in [0.3, 0.4) is 0 Å². The lowest BCUT2D eigenvalue weighted by molar-refractivity contribution is -0.138. The molecule has 0 unspecified atom stereocenters. The Morgan fingerprint density at radius 2 is 1.83 bits per heavy atom. The lowest BCUT2D eigenvalue weighted by Crippen LogP contribution is -2.12. The standard InChI is InChI=1S/C24H20F3N2O/c1-14(2)15-10-11-17-21(12-15)29(20-9-5-7-18(22(17)20)23(28)30)13-16-6-3-4-8-19(16)24(25,26)27/h3-10,12,14H,13H2,1-2H3,(H2,28,30). The molecule has 0 atom stereocenters. The first-order valence-electron chi connectivity index (χ1n) is 9.60. The van der Waals surface area contributed by atoms with Gasteiger partial charge in [-0.05, 0) is 47.4 Å². The molecule has 30 heavy (non-hydrogen) atoms. The van der Waals surface area contributed by atoms with Gasteiger partial charge in [-0.1, -0.05) is 44.2 Å². The van der Waals surface area contributed by atoms with E-state index >= 15 is 0 Å². The summed E-state index contributed by atoms with van der Waals surface area (Å²) in [6.07, 6.45) is -4.46. The maximum Gasteiger partial charge on any atom is 0.416 e. The van der Waals surface area contributed by atoms with Crippen LogP contribution in [0.5, 0.6) is 0 Å².